The van der Waals surface area contributed by atoms with Crippen LogP contribution in [-0.4, -0.2) is 23.5 Å². The molecule has 18 heavy (non-hydrogen) atoms. The van der Waals surface area contributed by atoms with Gasteiger partial charge in [-0.3, -0.25) is 9.59 Å². The Morgan fingerprint density at radius 1 is 1.61 bits per heavy atom. The number of aromatic nitrogens is 1. The van der Waals surface area contributed by atoms with Crippen molar-refractivity contribution in [2.45, 2.75) is 39.3 Å². The number of thiazole rings is 1. The smallest absolute Gasteiger partial charge is 0.304 e. The molecule has 1 saturated heterocycles. The predicted octanol–water partition coefficient (Wildman–Crippen LogP) is 0.831. The molecule has 0 aromatic carbocycles. The van der Waals surface area contributed by atoms with Crippen molar-refractivity contribution in [1.29, 1.82) is 0 Å². The Morgan fingerprint density at radius 2 is 2.39 bits per heavy atom. The second-order valence-electron chi connectivity index (χ2n) is 5.37. The molecule has 0 spiro atoms. The third kappa shape index (κ3) is 3.00. The van der Waals surface area contributed by atoms with Gasteiger partial charge in [0.25, 0.3) is 0 Å². The molecule has 1 amide bonds. The fourth-order valence-corrected chi connectivity index (χ4v) is 2.93. The second kappa shape index (κ2) is 5.24. The van der Waals surface area contributed by atoms with Crippen LogP contribution in [0.5, 0.6) is 0 Å². The fourth-order valence-electron chi connectivity index (χ4n) is 2.34. The molecular weight excluding hydrogens is 250 g/mol. The first-order valence-electron chi connectivity index (χ1n) is 6.17. The number of carbonyl (C=O) groups is 1. The molecule has 0 radical (unpaired) electrons. The first-order chi connectivity index (χ1) is 8.49. The average molecular weight is 269 g/mol. The summed E-state index contributed by atoms with van der Waals surface area (Å²) in [5.74, 6) is 0.00625. The van der Waals surface area contributed by atoms with Crippen molar-refractivity contribution in [3.05, 3.63) is 20.7 Å². The number of aromatic amines is 1. The van der Waals surface area contributed by atoms with E-state index in [1.807, 2.05) is 0 Å². The molecule has 1 unspecified atom stereocenters. The van der Waals surface area contributed by atoms with Crippen molar-refractivity contribution in [1.82, 2.24) is 15.6 Å². The summed E-state index contributed by atoms with van der Waals surface area (Å²) in [7, 11) is 0. The van der Waals surface area contributed by atoms with E-state index in [1.165, 1.54) is 0 Å². The summed E-state index contributed by atoms with van der Waals surface area (Å²) in [5, 5.41) is 7.88. The lowest BCUT2D eigenvalue weighted by molar-refractivity contribution is -0.126. The molecule has 100 valence electrons. The normalized spacial score (nSPS) is 22.7. The Labute approximate surface area is 110 Å². The van der Waals surface area contributed by atoms with Gasteiger partial charge in [-0.15, -0.1) is 0 Å². The van der Waals surface area contributed by atoms with Crippen molar-refractivity contribution in [2.75, 3.05) is 6.54 Å². The molecule has 5 nitrogen and oxygen atoms in total. The van der Waals surface area contributed by atoms with Crippen molar-refractivity contribution in [3.8, 4) is 0 Å². The van der Waals surface area contributed by atoms with E-state index in [0.29, 0.717) is 6.54 Å². The molecule has 2 rings (SSSR count). The van der Waals surface area contributed by atoms with Crippen molar-refractivity contribution >= 4 is 17.2 Å². The van der Waals surface area contributed by atoms with Gasteiger partial charge in [-0.25, -0.2) is 0 Å². The highest BCUT2D eigenvalue weighted by Gasteiger charge is 2.36. The maximum atomic E-state index is 12.1. The summed E-state index contributed by atoms with van der Waals surface area (Å²) in [5.41, 5.74) is 0.733. The van der Waals surface area contributed by atoms with Gasteiger partial charge in [-0.1, -0.05) is 25.2 Å². The molecule has 1 aromatic heterocycles. The van der Waals surface area contributed by atoms with Gasteiger partial charge in [0.2, 0.25) is 5.91 Å². The van der Waals surface area contributed by atoms with Gasteiger partial charge in [-0.2, -0.15) is 0 Å². The number of carbonyl (C=O) groups excluding carboxylic acids is 1. The molecule has 1 aliphatic heterocycles. The standard InChI is InChI=1S/C12H19N3O2S/c1-12(2)4-3-5-13-9(12)10(16)14-6-8-7-18-11(17)15-8/h7,9,13H,3-6H2,1-2H3,(H,14,16)(H,15,17). The van der Waals surface area contributed by atoms with Crippen LogP contribution in [-0.2, 0) is 11.3 Å². The summed E-state index contributed by atoms with van der Waals surface area (Å²) < 4.78 is 0. The number of hydrogen-bond acceptors (Lipinski definition) is 4. The van der Waals surface area contributed by atoms with Gasteiger partial charge in [0.1, 0.15) is 0 Å². The van der Waals surface area contributed by atoms with Gasteiger partial charge in [0.05, 0.1) is 12.6 Å². The lowest BCUT2D eigenvalue weighted by atomic mass is 9.77. The number of piperidine rings is 1. The van der Waals surface area contributed by atoms with Gasteiger partial charge < -0.3 is 15.6 Å². The molecule has 3 N–H and O–H groups in total. The topological polar surface area (TPSA) is 74.0 Å². The average Bonchev–Trinajstić information content (AvgIpc) is 2.71. The van der Waals surface area contributed by atoms with E-state index in [4.69, 9.17) is 0 Å². The van der Waals surface area contributed by atoms with E-state index in [1.54, 1.807) is 5.38 Å². The van der Waals surface area contributed by atoms with E-state index in [2.05, 4.69) is 29.5 Å². The minimum atomic E-state index is -0.156. The van der Waals surface area contributed by atoms with Crippen LogP contribution in [0, 0.1) is 5.41 Å². The predicted molar refractivity (Wildman–Crippen MR) is 71.6 cm³/mol. The molecule has 1 aliphatic rings. The minimum absolute atomic E-state index is 0.00625. The van der Waals surface area contributed by atoms with Crippen molar-refractivity contribution < 1.29 is 4.79 Å². The molecule has 0 bridgehead atoms. The summed E-state index contributed by atoms with van der Waals surface area (Å²) >= 11 is 1.11. The third-order valence-electron chi connectivity index (χ3n) is 3.41. The Balaban J connectivity index is 1.93. The Morgan fingerprint density at radius 3 is 3.00 bits per heavy atom. The van der Waals surface area contributed by atoms with Crippen LogP contribution in [0.1, 0.15) is 32.4 Å². The highest BCUT2D eigenvalue weighted by atomic mass is 32.1. The first kappa shape index (κ1) is 13.3. The molecule has 1 fully saturated rings. The van der Waals surface area contributed by atoms with E-state index in [0.717, 1.165) is 36.4 Å². The van der Waals surface area contributed by atoms with Gasteiger partial charge in [0, 0.05) is 11.1 Å². The number of rotatable bonds is 3. The Hall–Kier alpha value is -1.14. The zero-order valence-electron chi connectivity index (χ0n) is 10.7. The molecular formula is C12H19N3O2S. The summed E-state index contributed by atoms with van der Waals surface area (Å²) in [6.07, 6.45) is 2.15. The second-order valence-corrected chi connectivity index (χ2v) is 6.21. The largest absolute Gasteiger partial charge is 0.349 e. The molecule has 0 saturated carbocycles. The lowest BCUT2D eigenvalue weighted by Gasteiger charge is -2.38. The minimum Gasteiger partial charge on any atom is -0.349 e. The van der Waals surface area contributed by atoms with Crippen LogP contribution < -0.4 is 15.5 Å². The molecule has 1 aromatic rings. The monoisotopic (exact) mass is 269 g/mol. The van der Waals surface area contributed by atoms with Crippen molar-refractivity contribution in [2.24, 2.45) is 5.41 Å². The number of nitrogens with one attached hydrogen (secondary N) is 3. The zero-order valence-corrected chi connectivity index (χ0v) is 11.5. The SMILES string of the molecule is CC1(C)CCCNC1C(=O)NCc1csc(=O)[nH]1. The van der Waals surface area contributed by atoms with Crippen LogP contribution in [0.2, 0.25) is 0 Å². The van der Waals surface area contributed by atoms with E-state index < -0.39 is 0 Å². The van der Waals surface area contributed by atoms with E-state index in [9.17, 15) is 9.59 Å². The van der Waals surface area contributed by atoms with Gasteiger partial charge in [0.15, 0.2) is 0 Å². The Bertz CT molecular complexity index is 478. The van der Waals surface area contributed by atoms with Crippen LogP contribution in [0.15, 0.2) is 10.2 Å². The maximum absolute atomic E-state index is 12.1. The molecule has 0 aliphatic carbocycles. The maximum Gasteiger partial charge on any atom is 0.304 e. The highest BCUT2D eigenvalue weighted by molar-refractivity contribution is 7.07. The Kier molecular flexibility index (Phi) is 3.87. The number of hydrogen-bond donors (Lipinski definition) is 3. The zero-order chi connectivity index (χ0) is 13.2. The number of amides is 1. The summed E-state index contributed by atoms with van der Waals surface area (Å²) in [4.78, 5) is 25.7. The van der Waals surface area contributed by atoms with Gasteiger partial charge in [-0.05, 0) is 24.8 Å². The fraction of sp³-hybridized carbons (Fsp3) is 0.667. The van der Waals surface area contributed by atoms with E-state index >= 15 is 0 Å². The molecule has 6 heteroatoms. The molecule has 2 heterocycles. The summed E-state index contributed by atoms with van der Waals surface area (Å²) in [6.45, 7) is 5.48. The quantitative estimate of drug-likeness (QED) is 0.761. The van der Waals surface area contributed by atoms with Crippen LogP contribution in [0.25, 0.3) is 0 Å². The van der Waals surface area contributed by atoms with Crippen LogP contribution in [0.3, 0.4) is 0 Å². The van der Waals surface area contributed by atoms with Crippen LogP contribution in [0.4, 0.5) is 0 Å². The van der Waals surface area contributed by atoms with E-state index in [-0.39, 0.29) is 22.2 Å². The number of H-pyrrole nitrogens is 1. The van der Waals surface area contributed by atoms with Crippen LogP contribution >= 0.6 is 11.3 Å². The molecule has 1 atom stereocenters. The third-order valence-corrected chi connectivity index (χ3v) is 4.13. The first-order valence-corrected chi connectivity index (χ1v) is 7.05. The summed E-state index contributed by atoms with van der Waals surface area (Å²) in [6, 6.07) is -0.156. The highest BCUT2D eigenvalue weighted by Crippen LogP contribution is 2.30. The van der Waals surface area contributed by atoms with Crippen molar-refractivity contribution in [3.63, 3.8) is 0 Å². The lowest BCUT2D eigenvalue weighted by Crippen LogP contribution is -2.55. The van der Waals surface area contributed by atoms with Gasteiger partial charge >= 0.3 is 4.87 Å².